The third kappa shape index (κ3) is 5.86. The monoisotopic (exact) mass is 450 g/mol. The molecular formula is C28H26N4O2. The first-order valence-electron chi connectivity index (χ1n) is 11.0. The minimum atomic E-state index is -0.138. The predicted molar refractivity (Wildman–Crippen MR) is 134 cm³/mol. The highest BCUT2D eigenvalue weighted by Crippen LogP contribution is 2.14. The van der Waals surface area contributed by atoms with Crippen LogP contribution in [-0.4, -0.2) is 16.3 Å². The summed E-state index contributed by atoms with van der Waals surface area (Å²) in [5.41, 5.74) is 10.9. The molecule has 1 heterocycles. The van der Waals surface area contributed by atoms with Crippen LogP contribution in [-0.2, 0) is 19.5 Å². The standard InChI is InChI=1S/C28H26N4O2/c29-27(30)24-13-11-21(12-14-24)18-31-28(34)25-5-3-4-23(17-25)16-20-7-9-22(10-8-20)19-32-15-2-1-6-26(32)33/h1-15,17H,16,18-19H2,(H3,29,30)(H,31,34). The highest BCUT2D eigenvalue weighted by molar-refractivity contribution is 5.95. The maximum atomic E-state index is 12.7. The van der Waals surface area contributed by atoms with Crippen LogP contribution in [0, 0.1) is 5.41 Å². The maximum absolute atomic E-state index is 12.7. The Morgan fingerprint density at radius 3 is 2.21 bits per heavy atom. The van der Waals surface area contributed by atoms with Crippen LogP contribution < -0.4 is 16.6 Å². The van der Waals surface area contributed by atoms with Crippen LogP contribution in [0.1, 0.15) is 38.2 Å². The number of amidine groups is 1. The molecule has 1 aromatic heterocycles. The molecule has 34 heavy (non-hydrogen) atoms. The molecule has 0 aliphatic carbocycles. The van der Waals surface area contributed by atoms with Crippen molar-refractivity contribution < 1.29 is 4.79 Å². The Labute approximate surface area is 198 Å². The van der Waals surface area contributed by atoms with Gasteiger partial charge in [0.25, 0.3) is 11.5 Å². The lowest BCUT2D eigenvalue weighted by Gasteiger charge is -2.09. The van der Waals surface area contributed by atoms with Gasteiger partial charge in [-0.15, -0.1) is 0 Å². The summed E-state index contributed by atoms with van der Waals surface area (Å²) in [7, 11) is 0. The summed E-state index contributed by atoms with van der Waals surface area (Å²) in [6.45, 7) is 0.931. The quantitative estimate of drug-likeness (QED) is 0.282. The van der Waals surface area contributed by atoms with Gasteiger partial charge in [0.15, 0.2) is 0 Å². The van der Waals surface area contributed by atoms with Crippen molar-refractivity contribution in [1.82, 2.24) is 9.88 Å². The van der Waals surface area contributed by atoms with E-state index in [0.29, 0.717) is 30.6 Å². The Bertz CT molecular complexity index is 1360. The molecule has 6 nitrogen and oxygen atoms in total. The highest BCUT2D eigenvalue weighted by Gasteiger charge is 2.07. The van der Waals surface area contributed by atoms with E-state index in [1.807, 2.05) is 48.5 Å². The first kappa shape index (κ1) is 22.7. The number of carbonyl (C=O) groups excluding carboxylic acids is 1. The molecule has 0 fully saturated rings. The molecule has 0 unspecified atom stereocenters. The molecule has 4 rings (SSSR count). The summed E-state index contributed by atoms with van der Waals surface area (Å²) in [6, 6.07) is 28.2. The average molecular weight is 451 g/mol. The molecule has 1 amide bonds. The molecule has 4 aromatic rings. The number of nitrogen functional groups attached to an aromatic ring is 1. The molecule has 0 spiro atoms. The normalized spacial score (nSPS) is 10.6. The Kier molecular flexibility index (Phi) is 6.98. The van der Waals surface area contributed by atoms with E-state index >= 15 is 0 Å². The van der Waals surface area contributed by atoms with Crippen molar-refractivity contribution in [2.75, 3.05) is 0 Å². The molecular weight excluding hydrogens is 424 g/mol. The first-order chi connectivity index (χ1) is 16.5. The van der Waals surface area contributed by atoms with E-state index in [-0.39, 0.29) is 17.3 Å². The number of pyridine rings is 1. The third-order valence-electron chi connectivity index (χ3n) is 5.59. The van der Waals surface area contributed by atoms with Crippen LogP contribution >= 0.6 is 0 Å². The molecule has 6 heteroatoms. The predicted octanol–water partition coefficient (Wildman–Crippen LogP) is 3.70. The topological polar surface area (TPSA) is 101 Å². The SMILES string of the molecule is N=C(N)c1ccc(CNC(=O)c2cccc(Cc3ccc(Cn4ccccc4=O)cc3)c2)cc1. The molecule has 0 saturated heterocycles. The molecule has 170 valence electrons. The van der Waals surface area contributed by atoms with E-state index in [9.17, 15) is 9.59 Å². The van der Waals surface area contributed by atoms with Gasteiger partial charge in [0.1, 0.15) is 5.84 Å². The number of benzene rings is 3. The number of carbonyl (C=O) groups is 1. The number of nitrogens with two attached hydrogens (primary N) is 1. The number of rotatable bonds is 8. The summed E-state index contributed by atoms with van der Waals surface area (Å²) >= 11 is 0. The summed E-state index contributed by atoms with van der Waals surface area (Å²) in [5, 5.41) is 10.4. The molecule has 0 aliphatic rings. The summed E-state index contributed by atoms with van der Waals surface area (Å²) in [5.74, 6) is -0.116. The zero-order chi connectivity index (χ0) is 23.9. The minimum Gasteiger partial charge on any atom is -0.384 e. The third-order valence-corrected chi connectivity index (χ3v) is 5.59. The van der Waals surface area contributed by atoms with Crippen LogP contribution in [0.4, 0.5) is 0 Å². The molecule has 3 aromatic carbocycles. The van der Waals surface area contributed by atoms with Crippen molar-refractivity contribution >= 4 is 11.7 Å². The highest BCUT2D eigenvalue weighted by atomic mass is 16.1. The van der Waals surface area contributed by atoms with Gasteiger partial charge in [0.2, 0.25) is 0 Å². The van der Waals surface area contributed by atoms with E-state index < -0.39 is 0 Å². The van der Waals surface area contributed by atoms with Crippen molar-refractivity contribution in [1.29, 1.82) is 5.41 Å². The number of amides is 1. The Balaban J connectivity index is 1.36. The molecule has 4 N–H and O–H groups in total. The lowest BCUT2D eigenvalue weighted by Crippen LogP contribution is -2.23. The van der Waals surface area contributed by atoms with Crippen LogP contribution in [0.2, 0.25) is 0 Å². The average Bonchev–Trinajstić information content (AvgIpc) is 2.85. The summed E-state index contributed by atoms with van der Waals surface area (Å²) in [4.78, 5) is 24.6. The van der Waals surface area contributed by atoms with Crippen molar-refractivity contribution in [2.45, 2.75) is 19.5 Å². The van der Waals surface area contributed by atoms with E-state index in [4.69, 9.17) is 11.1 Å². The van der Waals surface area contributed by atoms with E-state index in [1.54, 1.807) is 41.1 Å². The number of nitrogens with one attached hydrogen (secondary N) is 2. The van der Waals surface area contributed by atoms with Crippen LogP contribution in [0.3, 0.4) is 0 Å². The fraction of sp³-hybridized carbons (Fsp3) is 0.107. The molecule has 0 bridgehead atoms. The van der Waals surface area contributed by atoms with Crippen molar-refractivity contribution in [2.24, 2.45) is 5.73 Å². The fourth-order valence-electron chi connectivity index (χ4n) is 3.70. The number of aromatic nitrogens is 1. The van der Waals surface area contributed by atoms with Gasteiger partial charge >= 0.3 is 0 Å². The summed E-state index contributed by atoms with van der Waals surface area (Å²) < 4.78 is 1.68. The molecule has 0 radical (unpaired) electrons. The lowest BCUT2D eigenvalue weighted by atomic mass is 10.0. The van der Waals surface area contributed by atoms with E-state index in [0.717, 1.165) is 22.3 Å². The number of hydrogen-bond donors (Lipinski definition) is 3. The van der Waals surface area contributed by atoms with Crippen molar-refractivity contribution in [3.8, 4) is 0 Å². The van der Waals surface area contributed by atoms with Crippen molar-refractivity contribution in [3.63, 3.8) is 0 Å². The number of nitrogens with zero attached hydrogens (tertiary/aromatic N) is 1. The molecule has 0 saturated carbocycles. The van der Waals surface area contributed by atoms with Crippen LogP contribution in [0.15, 0.2) is 102 Å². The second-order valence-electron chi connectivity index (χ2n) is 8.15. The van der Waals surface area contributed by atoms with Gasteiger partial charge in [-0.1, -0.05) is 66.7 Å². The van der Waals surface area contributed by atoms with Crippen molar-refractivity contribution in [3.05, 3.63) is 141 Å². The van der Waals surface area contributed by atoms with E-state index in [2.05, 4.69) is 17.4 Å². The Hall–Kier alpha value is -4.45. The zero-order valence-electron chi connectivity index (χ0n) is 18.7. The van der Waals surface area contributed by atoms with E-state index in [1.165, 1.54) is 0 Å². The second-order valence-corrected chi connectivity index (χ2v) is 8.15. The Morgan fingerprint density at radius 2 is 1.50 bits per heavy atom. The van der Waals surface area contributed by atoms with Gasteiger partial charge < -0.3 is 15.6 Å². The largest absolute Gasteiger partial charge is 0.384 e. The number of hydrogen-bond acceptors (Lipinski definition) is 3. The van der Waals surface area contributed by atoms with Gasteiger partial charge in [-0.05, 0) is 46.9 Å². The van der Waals surface area contributed by atoms with Crippen LogP contribution in [0.5, 0.6) is 0 Å². The van der Waals surface area contributed by atoms with Gasteiger partial charge in [-0.2, -0.15) is 0 Å². The minimum absolute atomic E-state index is 0.0188. The fourth-order valence-corrected chi connectivity index (χ4v) is 3.70. The Morgan fingerprint density at radius 1 is 0.794 bits per heavy atom. The van der Waals surface area contributed by atoms with Gasteiger partial charge in [-0.25, -0.2) is 0 Å². The molecule has 0 aliphatic heterocycles. The van der Waals surface area contributed by atoms with Gasteiger partial charge in [-0.3, -0.25) is 15.0 Å². The zero-order valence-corrected chi connectivity index (χ0v) is 18.7. The smallest absolute Gasteiger partial charge is 0.251 e. The maximum Gasteiger partial charge on any atom is 0.251 e. The van der Waals surface area contributed by atoms with Crippen LogP contribution in [0.25, 0.3) is 0 Å². The molecule has 0 atom stereocenters. The summed E-state index contributed by atoms with van der Waals surface area (Å²) in [6.07, 6.45) is 2.49. The van der Waals surface area contributed by atoms with Gasteiger partial charge in [0, 0.05) is 29.9 Å². The second kappa shape index (κ2) is 10.4. The van der Waals surface area contributed by atoms with Gasteiger partial charge in [0.05, 0.1) is 6.54 Å². The lowest BCUT2D eigenvalue weighted by molar-refractivity contribution is 0.0951. The first-order valence-corrected chi connectivity index (χ1v) is 11.0.